The number of ether oxygens (including phenoxy) is 1. The first-order chi connectivity index (χ1) is 10.7. The number of phenolic OH excluding ortho intramolecular Hbond substituents is 3. The summed E-state index contributed by atoms with van der Waals surface area (Å²) in [6, 6.07) is 1.65. The summed E-state index contributed by atoms with van der Waals surface area (Å²) in [6.45, 7) is 0. The van der Waals surface area contributed by atoms with E-state index in [1.165, 1.54) is 0 Å². The standard InChI is InChI=1S/C14H14O9/c15-7-2-6(3-8(16)11(7)18)14(22)23-10-4-5(13(20)21)1-9(17)12(10)19/h2-4,9-10,12,15-19H,1H2,(H,20,21)/t9-,10?,12?/m1/s1. The molecule has 6 N–H and O–H groups in total. The molecule has 1 aliphatic carbocycles. The van der Waals surface area contributed by atoms with Crippen molar-refractivity contribution in [3.63, 3.8) is 0 Å². The third-order valence-corrected chi connectivity index (χ3v) is 3.35. The minimum Gasteiger partial charge on any atom is -0.504 e. The maximum Gasteiger partial charge on any atom is 0.339 e. The van der Waals surface area contributed by atoms with Crippen LogP contribution in [0.5, 0.6) is 17.2 Å². The van der Waals surface area contributed by atoms with Crippen LogP contribution in [-0.4, -0.2) is 60.9 Å². The highest BCUT2D eigenvalue weighted by Gasteiger charge is 2.35. The number of benzene rings is 1. The molecule has 1 aliphatic rings. The summed E-state index contributed by atoms with van der Waals surface area (Å²) in [5, 5.41) is 56.2. The third-order valence-electron chi connectivity index (χ3n) is 3.35. The Balaban J connectivity index is 2.25. The van der Waals surface area contributed by atoms with E-state index < -0.39 is 47.5 Å². The van der Waals surface area contributed by atoms with Crippen molar-refractivity contribution in [2.24, 2.45) is 0 Å². The first-order valence-corrected chi connectivity index (χ1v) is 6.46. The maximum absolute atomic E-state index is 12.0. The van der Waals surface area contributed by atoms with E-state index in [0.29, 0.717) is 0 Å². The normalized spacial score (nSPS) is 23.9. The highest BCUT2D eigenvalue weighted by Crippen LogP contribution is 2.35. The van der Waals surface area contributed by atoms with Gasteiger partial charge < -0.3 is 35.4 Å². The highest BCUT2D eigenvalue weighted by atomic mass is 16.6. The fourth-order valence-corrected chi connectivity index (χ4v) is 2.11. The lowest BCUT2D eigenvalue weighted by atomic mass is 9.92. The Kier molecular flexibility index (Phi) is 4.43. The maximum atomic E-state index is 12.0. The Bertz CT molecular complexity index is 656. The van der Waals surface area contributed by atoms with Gasteiger partial charge in [0, 0.05) is 12.0 Å². The van der Waals surface area contributed by atoms with Gasteiger partial charge in [0.15, 0.2) is 17.2 Å². The monoisotopic (exact) mass is 326 g/mol. The summed E-state index contributed by atoms with van der Waals surface area (Å²) < 4.78 is 4.90. The van der Waals surface area contributed by atoms with Gasteiger partial charge in [-0.15, -0.1) is 0 Å². The lowest BCUT2D eigenvalue weighted by Gasteiger charge is -2.29. The van der Waals surface area contributed by atoms with Gasteiger partial charge in [0.25, 0.3) is 0 Å². The van der Waals surface area contributed by atoms with E-state index in [2.05, 4.69) is 0 Å². The first kappa shape index (κ1) is 16.6. The number of hydrogen-bond acceptors (Lipinski definition) is 8. The molecule has 9 nitrogen and oxygen atoms in total. The van der Waals surface area contributed by atoms with E-state index in [-0.39, 0.29) is 17.6 Å². The molecule has 0 aliphatic heterocycles. The number of phenols is 3. The van der Waals surface area contributed by atoms with Gasteiger partial charge in [-0.05, 0) is 18.2 Å². The van der Waals surface area contributed by atoms with Crippen LogP contribution >= 0.6 is 0 Å². The lowest BCUT2D eigenvalue weighted by molar-refractivity contribution is -0.134. The molecule has 0 bridgehead atoms. The number of esters is 1. The summed E-state index contributed by atoms with van der Waals surface area (Å²) in [6.07, 6.45) is -3.68. The number of hydrogen-bond donors (Lipinski definition) is 6. The van der Waals surface area contributed by atoms with E-state index in [0.717, 1.165) is 18.2 Å². The van der Waals surface area contributed by atoms with Gasteiger partial charge in [-0.1, -0.05) is 0 Å². The molecule has 1 aromatic carbocycles. The van der Waals surface area contributed by atoms with Crippen LogP contribution in [0.3, 0.4) is 0 Å². The molecule has 0 fully saturated rings. The van der Waals surface area contributed by atoms with Crippen LogP contribution in [-0.2, 0) is 9.53 Å². The van der Waals surface area contributed by atoms with Crippen molar-refractivity contribution in [3.8, 4) is 17.2 Å². The van der Waals surface area contributed by atoms with Crippen molar-refractivity contribution in [2.45, 2.75) is 24.7 Å². The van der Waals surface area contributed by atoms with E-state index >= 15 is 0 Å². The minimum atomic E-state index is -1.53. The largest absolute Gasteiger partial charge is 0.504 e. The Morgan fingerprint density at radius 3 is 2.17 bits per heavy atom. The molecule has 2 unspecified atom stereocenters. The summed E-state index contributed by atoms with van der Waals surface area (Å²) in [4.78, 5) is 22.9. The van der Waals surface area contributed by atoms with Crippen LogP contribution in [0, 0.1) is 0 Å². The predicted octanol–water partition coefficient (Wildman–Crippen LogP) is -0.535. The van der Waals surface area contributed by atoms with Gasteiger partial charge in [0.2, 0.25) is 0 Å². The molecule has 0 saturated heterocycles. The van der Waals surface area contributed by atoms with Crippen molar-refractivity contribution in [3.05, 3.63) is 29.3 Å². The molecule has 0 aromatic heterocycles. The van der Waals surface area contributed by atoms with Crippen LogP contribution in [0.15, 0.2) is 23.8 Å². The number of aliphatic hydroxyl groups excluding tert-OH is 2. The zero-order chi connectivity index (χ0) is 17.3. The molecule has 0 heterocycles. The van der Waals surface area contributed by atoms with Crippen molar-refractivity contribution >= 4 is 11.9 Å². The third kappa shape index (κ3) is 3.35. The molecule has 0 radical (unpaired) electrons. The molecule has 0 amide bonds. The van der Waals surface area contributed by atoms with Gasteiger partial charge in [-0.3, -0.25) is 0 Å². The molecule has 124 valence electrons. The number of carboxylic acid groups (broad SMARTS) is 1. The van der Waals surface area contributed by atoms with Crippen molar-refractivity contribution in [1.82, 2.24) is 0 Å². The minimum absolute atomic E-state index is 0.225. The number of aliphatic carboxylic acids is 1. The zero-order valence-electron chi connectivity index (χ0n) is 11.6. The van der Waals surface area contributed by atoms with Crippen LogP contribution < -0.4 is 0 Å². The zero-order valence-corrected chi connectivity index (χ0v) is 11.6. The Labute approximate surface area is 129 Å². The number of aromatic hydroxyl groups is 3. The summed E-state index contributed by atoms with van der Waals surface area (Å²) in [5.41, 5.74) is -0.563. The lowest BCUT2D eigenvalue weighted by Crippen LogP contribution is -2.43. The fraction of sp³-hybridized carbons (Fsp3) is 0.286. The molecular weight excluding hydrogens is 312 g/mol. The molecule has 1 aromatic rings. The van der Waals surface area contributed by atoms with E-state index in [1.54, 1.807) is 0 Å². The highest BCUT2D eigenvalue weighted by molar-refractivity contribution is 5.91. The average Bonchev–Trinajstić information content (AvgIpc) is 2.48. The van der Waals surface area contributed by atoms with Crippen LogP contribution in [0.2, 0.25) is 0 Å². The fourth-order valence-electron chi connectivity index (χ4n) is 2.11. The summed E-state index contributed by atoms with van der Waals surface area (Å²) in [5.74, 6) is -4.76. The second kappa shape index (κ2) is 6.15. The molecular formula is C14H14O9. The number of carboxylic acids is 1. The van der Waals surface area contributed by atoms with Crippen LogP contribution in [0.25, 0.3) is 0 Å². The van der Waals surface area contributed by atoms with Gasteiger partial charge in [-0.25, -0.2) is 9.59 Å². The number of rotatable bonds is 3. The predicted molar refractivity (Wildman–Crippen MR) is 73.0 cm³/mol. The van der Waals surface area contributed by atoms with Crippen LogP contribution in [0.4, 0.5) is 0 Å². The molecule has 23 heavy (non-hydrogen) atoms. The SMILES string of the molecule is O=C(O)C1=CC(OC(=O)c2cc(O)c(O)c(O)c2)C(O)[C@H](O)C1. The topological polar surface area (TPSA) is 165 Å². The number of carbonyl (C=O) groups excluding carboxylic acids is 1. The second-order valence-corrected chi connectivity index (χ2v) is 4.99. The smallest absolute Gasteiger partial charge is 0.339 e. The molecule has 0 saturated carbocycles. The van der Waals surface area contributed by atoms with Gasteiger partial charge in [0.05, 0.1) is 11.7 Å². The Morgan fingerprint density at radius 2 is 1.65 bits per heavy atom. The first-order valence-electron chi connectivity index (χ1n) is 6.46. The van der Waals surface area contributed by atoms with Crippen LogP contribution in [0.1, 0.15) is 16.8 Å². The summed E-state index contributed by atoms with van der Waals surface area (Å²) in [7, 11) is 0. The Morgan fingerprint density at radius 1 is 1.09 bits per heavy atom. The summed E-state index contributed by atoms with van der Waals surface area (Å²) >= 11 is 0. The van der Waals surface area contributed by atoms with Gasteiger partial charge in [-0.2, -0.15) is 0 Å². The quantitative estimate of drug-likeness (QED) is 0.316. The van der Waals surface area contributed by atoms with Crippen molar-refractivity contribution < 1.29 is 45.0 Å². The molecule has 9 heteroatoms. The van der Waals surface area contributed by atoms with E-state index in [9.17, 15) is 35.1 Å². The second-order valence-electron chi connectivity index (χ2n) is 4.99. The Hall–Kier alpha value is -2.78. The van der Waals surface area contributed by atoms with Gasteiger partial charge >= 0.3 is 11.9 Å². The molecule has 3 atom stereocenters. The molecule has 0 spiro atoms. The molecule has 2 rings (SSSR count). The average molecular weight is 326 g/mol. The van der Waals surface area contributed by atoms with Crippen molar-refractivity contribution in [1.29, 1.82) is 0 Å². The number of carbonyl (C=O) groups is 2. The van der Waals surface area contributed by atoms with Gasteiger partial charge in [0.1, 0.15) is 12.2 Å². The van der Waals surface area contributed by atoms with E-state index in [1.807, 2.05) is 0 Å². The number of aliphatic hydroxyl groups is 2. The van der Waals surface area contributed by atoms with Crippen molar-refractivity contribution in [2.75, 3.05) is 0 Å². The van der Waals surface area contributed by atoms with E-state index in [4.69, 9.17) is 9.84 Å².